The molecule has 0 radical (unpaired) electrons. The minimum atomic E-state index is -3.41. The van der Waals surface area contributed by atoms with Crippen LogP contribution in [0, 0.1) is 0 Å². The van der Waals surface area contributed by atoms with E-state index < -0.39 is 10.0 Å². The van der Waals surface area contributed by atoms with E-state index in [0.717, 1.165) is 30.3 Å². The number of guanidine groups is 1. The lowest BCUT2D eigenvalue weighted by Gasteiger charge is -2.30. The Kier molecular flexibility index (Phi) is 8.71. The van der Waals surface area contributed by atoms with Crippen LogP contribution in [0.5, 0.6) is 0 Å². The molecule has 1 saturated heterocycles. The van der Waals surface area contributed by atoms with Crippen molar-refractivity contribution in [3.8, 4) is 0 Å². The molecule has 0 spiro atoms. The molecular formula is C20H27IN4O2S. The van der Waals surface area contributed by atoms with Gasteiger partial charge in [-0.25, -0.2) is 18.1 Å². The highest BCUT2D eigenvalue weighted by Gasteiger charge is 2.15. The van der Waals surface area contributed by atoms with E-state index in [-0.39, 0.29) is 28.9 Å². The third-order valence-corrected chi connectivity index (χ3v) is 6.03. The van der Waals surface area contributed by atoms with Gasteiger partial charge in [0.15, 0.2) is 5.96 Å². The van der Waals surface area contributed by atoms with Crippen molar-refractivity contribution in [3.63, 3.8) is 0 Å². The molecule has 1 fully saturated rings. The van der Waals surface area contributed by atoms with Crippen LogP contribution in [0.25, 0.3) is 0 Å². The van der Waals surface area contributed by atoms with Crippen LogP contribution in [0.15, 0.2) is 64.5 Å². The monoisotopic (exact) mass is 514 g/mol. The Morgan fingerprint density at radius 3 is 2.25 bits per heavy atom. The summed E-state index contributed by atoms with van der Waals surface area (Å²) in [6.07, 6.45) is 3.61. The van der Waals surface area contributed by atoms with Crippen LogP contribution in [0.1, 0.15) is 24.8 Å². The van der Waals surface area contributed by atoms with Crippen LogP contribution in [-0.4, -0.2) is 39.4 Å². The summed E-state index contributed by atoms with van der Waals surface area (Å²) in [4.78, 5) is 7.34. The molecule has 3 rings (SSSR count). The molecule has 0 bridgehead atoms. The lowest BCUT2D eigenvalue weighted by molar-refractivity contribution is 0.340. The first-order chi connectivity index (χ1) is 13.1. The predicted molar refractivity (Wildman–Crippen MR) is 125 cm³/mol. The molecule has 2 N–H and O–H groups in total. The molecule has 0 atom stereocenters. The van der Waals surface area contributed by atoms with E-state index in [1.807, 2.05) is 42.5 Å². The molecule has 0 saturated carbocycles. The number of piperidine rings is 1. The molecule has 8 heteroatoms. The molecule has 1 heterocycles. The molecule has 0 amide bonds. The minimum absolute atomic E-state index is 0. The summed E-state index contributed by atoms with van der Waals surface area (Å²) in [5.41, 5.74) is 1.98. The number of hydrogen-bond acceptors (Lipinski definition) is 3. The van der Waals surface area contributed by atoms with Gasteiger partial charge >= 0.3 is 0 Å². The van der Waals surface area contributed by atoms with Crippen LogP contribution < -0.4 is 10.0 Å². The standard InChI is InChI=1S/C20H26N4O2S.HI/c1-21-27(25,26)19-12-10-17(11-13-19)16-22-20(24-14-6-3-7-15-24)23-18-8-4-2-5-9-18;/h2,4-5,8-13,21H,3,6-7,14-16H2,1H3,(H,22,23);1H. The second-order valence-corrected chi connectivity index (χ2v) is 8.42. The Morgan fingerprint density at radius 1 is 1.00 bits per heavy atom. The van der Waals surface area contributed by atoms with E-state index in [1.54, 1.807) is 12.1 Å². The molecule has 2 aromatic rings. The number of para-hydroxylation sites is 1. The van der Waals surface area contributed by atoms with Gasteiger partial charge in [-0.15, -0.1) is 24.0 Å². The molecule has 0 unspecified atom stereocenters. The number of aliphatic imine (C=N–C) groups is 1. The molecule has 1 aliphatic heterocycles. The Labute approximate surface area is 184 Å². The summed E-state index contributed by atoms with van der Waals surface area (Å²) >= 11 is 0. The molecule has 1 aliphatic rings. The van der Waals surface area contributed by atoms with E-state index in [2.05, 4.69) is 14.9 Å². The Hall–Kier alpha value is -1.65. The second-order valence-electron chi connectivity index (χ2n) is 6.53. The zero-order valence-electron chi connectivity index (χ0n) is 16.0. The SMILES string of the molecule is CNS(=O)(=O)c1ccc(CN=C(Nc2ccccc2)N2CCCCC2)cc1.I. The zero-order chi connectivity index (χ0) is 19.1. The average molecular weight is 514 g/mol. The Bertz CT molecular complexity index is 865. The highest BCUT2D eigenvalue weighted by Crippen LogP contribution is 2.15. The van der Waals surface area contributed by atoms with Gasteiger partial charge in [0.05, 0.1) is 11.4 Å². The smallest absolute Gasteiger partial charge is 0.240 e. The summed E-state index contributed by atoms with van der Waals surface area (Å²) in [6.45, 7) is 2.49. The number of rotatable bonds is 5. The van der Waals surface area contributed by atoms with Gasteiger partial charge < -0.3 is 10.2 Å². The number of anilines is 1. The topological polar surface area (TPSA) is 73.8 Å². The van der Waals surface area contributed by atoms with Crippen molar-refractivity contribution in [2.45, 2.75) is 30.7 Å². The normalized spacial score (nSPS) is 15.0. The third kappa shape index (κ3) is 6.18. The van der Waals surface area contributed by atoms with Crippen LogP contribution in [0.2, 0.25) is 0 Å². The largest absolute Gasteiger partial charge is 0.343 e. The zero-order valence-corrected chi connectivity index (χ0v) is 19.1. The summed E-state index contributed by atoms with van der Waals surface area (Å²) in [5, 5.41) is 3.43. The van der Waals surface area contributed by atoms with Crippen molar-refractivity contribution in [2.75, 3.05) is 25.5 Å². The molecule has 28 heavy (non-hydrogen) atoms. The molecule has 6 nitrogen and oxygen atoms in total. The fourth-order valence-corrected chi connectivity index (χ4v) is 3.76. The van der Waals surface area contributed by atoms with Crippen molar-refractivity contribution >= 4 is 45.6 Å². The number of nitrogens with zero attached hydrogens (tertiary/aromatic N) is 2. The van der Waals surface area contributed by atoms with Gasteiger partial charge in [0, 0.05) is 18.8 Å². The number of hydrogen-bond donors (Lipinski definition) is 2. The fraction of sp³-hybridized carbons (Fsp3) is 0.350. The first kappa shape index (κ1) is 22.6. The first-order valence-corrected chi connectivity index (χ1v) is 10.7. The Balaban J connectivity index is 0.00000280. The van der Waals surface area contributed by atoms with Crippen molar-refractivity contribution in [1.29, 1.82) is 0 Å². The van der Waals surface area contributed by atoms with E-state index in [9.17, 15) is 8.42 Å². The van der Waals surface area contributed by atoms with Gasteiger partial charge in [0.2, 0.25) is 10.0 Å². The van der Waals surface area contributed by atoms with Gasteiger partial charge in [-0.3, -0.25) is 0 Å². The van der Waals surface area contributed by atoms with Gasteiger partial charge in [-0.2, -0.15) is 0 Å². The van der Waals surface area contributed by atoms with Crippen LogP contribution in [0.4, 0.5) is 5.69 Å². The number of nitrogens with one attached hydrogen (secondary N) is 2. The molecule has 2 aromatic carbocycles. The summed E-state index contributed by atoms with van der Waals surface area (Å²) in [7, 11) is -2.00. The first-order valence-electron chi connectivity index (χ1n) is 9.22. The lowest BCUT2D eigenvalue weighted by atomic mass is 10.1. The van der Waals surface area contributed by atoms with Crippen molar-refractivity contribution in [3.05, 3.63) is 60.2 Å². The minimum Gasteiger partial charge on any atom is -0.343 e. The highest BCUT2D eigenvalue weighted by atomic mass is 127. The second kappa shape index (κ2) is 10.8. The summed E-state index contributed by atoms with van der Waals surface area (Å²) < 4.78 is 26.0. The maximum Gasteiger partial charge on any atom is 0.240 e. The van der Waals surface area contributed by atoms with Crippen LogP contribution >= 0.6 is 24.0 Å². The average Bonchev–Trinajstić information content (AvgIpc) is 2.73. The molecule has 152 valence electrons. The fourth-order valence-electron chi connectivity index (χ4n) is 3.03. The maximum atomic E-state index is 11.8. The lowest BCUT2D eigenvalue weighted by Crippen LogP contribution is -2.40. The van der Waals surface area contributed by atoms with Gasteiger partial charge in [-0.05, 0) is 56.1 Å². The number of likely N-dealkylation sites (tertiary alicyclic amines) is 1. The summed E-state index contributed by atoms with van der Waals surface area (Å²) in [5.74, 6) is 0.868. The third-order valence-electron chi connectivity index (χ3n) is 4.60. The molecule has 0 aliphatic carbocycles. The quantitative estimate of drug-likeness (QED) is 0.363. The maximum absolute atomic E-state index is 11.8. The van der Waals surface area contributed by atoms with E-state index in [0.29, 0.717) is 6.54 Å². The Morgan fingerprint density at radius 2 is 1.64 bits per heavy atom. The van der Waals surface area contributed by atoms with E-state index in [1.165, 1.54) is 26.3 Å². The van der Waals surface area contributed by atoms with Gasteiger partial charge in [0.1, 0.15) is 0 Å². The number of halogens is 1. The van der Waals surface area contributed by atoms with E-state index in [4.69, 9.17) is 4.99 Å². The molecule has 0 aromatic heterocycles. The summed E-state index contributed by atoms with van der Waals surface area (Å²) in [6, 6.07) is 16.9. The predicted octanol–water partition coefficient (Wildman–Crippen LogP) is 3.67. The molecular weight excluding hydrogens is 487 g/mol. The highest BCUT2D eigenvalue weighted by molar-refractivity contribution is 14.0. The van der Waals surface area contributed by atoms with Crippen LogP contribution in [0.3, 0.4) is 0 Å². The van der Waals surface area contributed by atoms with Crippen molar-refractivity contribution in [1.82, 2.24) is 9.62 Å². The van der Waals surface area contributed by atoms with E-state index >= 15 is 0 Å². The number of benzene rings is 2. The van der Waals surface area contributed by atoms with Crippen LogP contribution in [-0.2, 0) is 16.6 Å². The van der Waals surface area contributed by atoms with Gasteiger partial charge in [0.25, 0.3) is 0 Å². The van der Waals surface area contributed by atoms with Crippen molar-refractivity contribution < 1.29 is 8.42 Å². The number of sulfonamides is 1. The van der Waals surface area contributed by atoms with Gasteiger partial charge in [-0.1, -0.05) is 30.3 Å². The van der Waals surface area contributed by atoms with Crippen molar-refractivity contribution in [2.24, 2.45) is 4.99 Å².